The van der Waals surface area contributed by atoms with Crippen molar-refractivity contribution in [3.05, 3.63) is 29.6 Å². The van der Waals surface area contributed by atoms with Crippen LogP contribution in [0.1, 0.15) is 18.3 Å². The highest BCUT2D eigenvalue weighted by Crippen LogP contribution is 2.12. The van der Waals surface area contributed by atoms with Gasteiger partial charge < -0.3 is 10.3 Å². The summed E-state index contributed by atoms with van der Waals surface area (Å²) in [6.45, 7) is 3.76. The van der Waals surface area contributed by atoms with E-state index in [9.17, 15) is 4.79 Å². The quantitative estimate of drug-likeness (QED) is 0.723. The fraction of sp³-hybridized carbons (Fsp3) is 0.231. The van der Waals surface area contributed by atoms with Gasteiger partial charge in [0.15, 0.2) is 0 Å². The number of nitrogens with one attached hydrogen (secondary N) is 2. The summed E-state index contributed by atoms with van der Waals surface area (Å²) in [6.07, 6.45) is 0. The molecule has 1 aromatic carbocycles. The maximum Gasteiger partial charge on any atom is 0.217 e. The third kappa shape index (κ3) is 2.85. The number of carbonyl (C=O) groups is 1. The Morgan fingerprint density at radius 2 is 2.35 bits per heavy atom. The molecule has 1 amide bonds. The van der Waals surface area contributed by atoms with E-state index in [0.29, 0.717) is 6.54 Å². The van der Waals surface area contributed by atoms with Crippen LogP contribution in [-0.2, 0) is 4.79 Å². The zero-order valence-electron chi connectivity index (χ0n) is 9.79. The number of aryl methyl sites for hydroxylation is 1. The summed E-state index contributed by atoms with van der Waals surface area (Å²) in [5.41, 5.74) is 2.83. The first kappa shape index (κ1) is 11.2. The number of amides is 1. The van der Waals surface area contributed by atoms with Crippen molar-refractivity contribution in [2.75, 3.05) is 6.54 Å². The number of imidazole rings is 1. The number of rotatable bonds is 1. The second-order valence-corrected chi connectivity index (χ2v) is 3.77. The number of aromatic amines is 1. The Kier molecular flexibility index (Phi) is 3.10. The van der Waals surface area contributed by atoms with E-state index in [-0.39, 0.29) is 5.91 Å². The molecule has 0 aliphatic carbocycles. The van der Waals surface area contributed by atoms with Crippen molar-refractivity contribution >= 4 is 16.9 Å². The van der Waals surface area contributed by atoms with E-state index in [4.69, 9.17) is 0 Å². The first-order valence-electron chi connectivity index (χ1n) is 5.35. The van der Waals surface area contributed by atoms with Gasteiger partial charge in [-0.25, -0.2) is 4.98 Å². The highest BCUT2D eigenvalue weighted by atomic mass is 16.1. The molecule has 17 heavy (non-hydrogen) atoms. The molecule has 0 aliphatic rings. The molecular formula is C13H13N3O. The van der Waals surface area contributed by atoms with Crippen molar-refractivity contribution in [1.29, 1.82) is 0 Å². The number of hydrogen-bond acceptors (Lipinski definition) is 2. The van der Waals surface area contributed by atoms with Crippen LogP contribution < -0.4 is 5.32 Å². The minimum atomic E-state index is -0.0704. The van der Waals surface area contributed by atoms with Crippen LogP contribution in [0.2, 0.25) is 0 Å². The highest BCUT2D eigenvalue weighted by molar-refractivity contribution is 5.77. The summed E-state index contributed by atoms with van der Waals surface area (Å²) in [5, 5.41) is 2.62. The van der Waals surface area contributed by atoms with Gasteiger partial charge in [-0.2, -0.15) is 0 Å². The van der Waals surface area contributed by atoms with Crippen molar-refractivity contribution < 1.29 is 4.79 Å². The molecule has 4 nitrogen and oxygen atoms in total. The number of aromatic nitrogens is 2. The van der Waals surface area contributed by atoms with Crippen molar-refractivity contribution in [2.45, 2.75) is 13.8 Å². The van der Waals surface area contributed by atoms with Crippen LogP contribution in [0.15, 0.2) is 18.2 Å². The van der Waals surface area contributed by atoms with E-state index in [1.165, 1.54) is 6.92 Å². The van der Waals surface area contributed by atoms with E-state index in [0.717, 1.165) is 22.4 Å². The average molecular weight is 227 g/mol. The predicted octanol–water partition coefficient (Wildman–Crippen LogP) is 1.36. The van der Waals surface area contributed by atoms with Gasteiger partial charge in [0.05, 0.1) is 17.6 Å². The molecule has 0 fully saturated rings. The molecule has 0 atom stereocenters. The van der Waals surface area contributed by atoms with Crippen LogP contribution in [-0.4, -0.2) is 22.4 Å². The molecule has 2 N–H and O–H groups in total. The lowest BCUT2D eigenvalue weighted by Crippen LogP contribution is -2.19. The largest absolute Gasteiger partial charge is 0.345 e. The molecule has 2 rings (SSSR count). The predicted molar refractivity (Wildman–Crippen MR) is 66.4 cm³/mol. The molecule has 86 valence electrons. The van der Waals surface area contributed by atoms with Crippen LogP contribution in [0.4, 0.5) is 0 Å². The molecule has 0 saturated carbocycles. The normalized spacial score (nSPS) is 9.76. The smallest absolute Gasteiger partial charge is 0.217 e. The van der Waals surface area contributed by atoms with Gasteiger partial charge in [0, 0.05) is 12.5 Å². The van der Waals surface area contributed by atoms with Crippen LogP contribution >= 0.6 is 0 Å². The van der Waals surface area contributed by atoms with Crippen LogP contribution in [0.5, 0.6) is 0 Å². The summed E-state index contributed by atoms with van der Waals surface area (Å²) in [7, 11) is 0. The second kappa shape index (κ2) is 4.71. The molecule has 0 saturated heterocycles. The van der Waals surface area contributed by atoms with Gasteiger partial charge in [0.1, 0.15) is 5.82 Å². The molecule has 2 aromatic rings. The Bertz CT molecular complexity index is 616. The molecule has 1 aromatic heterocycles. The Hall–Kier alpha value is -2.28. The summed E-state index contributed by atoms with van der Waals surface area (Å²) < 4.78 is 0. The van der Waals surface area contributed by atoms with Crippen molar-refractivity contribution in [3.8, 4) is 11.8 Å². The first-order chi connectivity index (χ1) is 8.15. The van der Waals surface area contributed by atoms with E-state index in [1.54, 1.807) is 0 Å². The van der Waals surface area contributed by atoms with Gasteiger partial charge in [-0.15, -0.1) is 0 Å². The Morgan fingerprint density at radius 1 is 1.53 bits per heavy atom. The lowest BCUT2D eigenvalue weighted by atomic mass is 10.2. The number of benzene rings is 1. The Balaban J connectivity index is 2.16. The number of fused-ring (bicyclic) bond motifs is 1. The minimum absolute atomic E-state index is 0.0704. The van der Waals surface area contributed by atoms with Gasteiger partial charge in [0.25, 0.3) is 0 Å². The number of hydrogen-bond donors (Lipinski definition) is 2. The molecule has 4 heteroatoms. The lowest BCUT2D eigenvalue weighted by molar-refractivity contribution is -0.118. The zero-order chi connectivity index (χ0) is 12.3. The maximum atomic E-state index is 10.6. The number of carbonyl (C=O) groups excluding carboxylic acids is 1. The van der Waals surface area contributed by atoms with Gasteiger partial charge in [-0.1, -0.05) is 11.8 Å². The average Bonchev–Trinajstić information content (AvgIpc) is 2.63. The van der Waals surface area contributed by atoms with Crippen molar-refractivity contribution in [3.63, 3.8) is 0 Å². The van der Waals surface area contributed by atoms with Crippen molar-refractivity contribution in [1.82, 2.24) is 15.3 Å². The zero-order valence-corrected chi connectivity index (χ0v) is 9.79. The van der Waals surface area contributed by atoms with Crippen LogP contribution in [0, 0.1) is 18.8 Å². The monoisotopic (exact) mass is 227 g/mol. The molecule has 1 heterocycles. The molecule has 0 bridgehead atoms. The van der Waals surface area contributed by atoms with Gasteiger partial charge in [0.2, 0.25) is 5.91 Å². The maximum absolute atomic E-state index is 10.6. The van der Waals surface area contributed by atoms with Gasteiger partial charge >= 0.3 is 0 Å². The minimum Gasteiger partial charge on any atom is -0.345 e. The van der Waals surface area contributed by atoms with Crippen LogP contribution in [0.25, 0.3) is 11.0 Å². The number of nitrogens with zero attached hydrogens (tertiary/aromatic N) is 1. The van der Waals surface area contributed by atoms with E-state index in [1.807, 2.05) is 25.1 Å². The second-order valence-electron chi connectivity index (χ2n) is 3.77. The fourth-order valence-electron chi connectivity index (χ4n) is 1.53. The molecule has 0 unspecified atom stereocenters. The Labute approximate surface area is 99.4 Å². The Morgan fingerprint density at radius 3 is 3.12 bits per heavy atom. The van der Waals surface area contributed by atoms with E-state index < -0.39 is 0 Å². The van der Waals surface area contributed by atoms with E-state index >= 15 is 0 Å². The third-order valence-electron chi connectivity index (χ3n) is 2.26. The van der Waals surface area contributed by atoms with Crippen molar-refractivity contribution in [2.24, 2.45) is 0 Å². The summed E-state index contributed by atoms with van der Waals surface area (Å²) in [5.74, 6) is 6.70. The molecule has 0 spiro atoms. The first-order valence-corrected chi connectivity index (χ1v) is 5.35. The van der Waals surface area contributed by atoms with Gasteiger partial charge in [-0.05, 0) is 25.1 Å². The third-order valence-corrected chi connectivity index (χ3v) is 2.26. The topological polar surface area (TPSA) is 57.8 Å². The number of H-pyrrole nitrogens is 1. The molecule has 0 radical (unpaired) electrons. The summed E-state index contributed by atoms with van der Waals surface area (Å²) in [4.78, 5) is 18.1. The van der Waals surface area contributed by atoms with E-state index in [2.05, 4.69) is 27.1 Å². The van der Waals surface area contributed by atoms with Gasteiger partial charge in [-0.3, -0.25) is 4.79 Å². The standard InChI is InChI=1S/C13H13N3O/c1-9-15-12-6-5-11(8-13(12)16-9)4-3-7-14-10(2)17/h5-6,8H,7H2,1-2H3,(H,14,17)(H,15,16). The fourth-order valence-corrected chi connectivity index (χ4v) is 1.53. The molecule has 0 aliphatic heterocycles. The summed E-state index contributed by atoms with van der Waals surface area (Å²) >= 11 is 0. The lowest BCUT2D eigenvalue weighted by Gasteiger charge is -1.92. The SMILES string of the molecule is CC(=O)NCC#Cc1ccc2nc(C)[nH]c2c1. The molecular weight excluding hydrogens is 214 g/mol. The highest BCUT2D eigenvalue weighted by Gasteiger charge is 1.98. The summed E-state index contributed by atoms with van der Waals surface area (Å²) in [6, 6.07) is 5.81. The van der Waals surface area contributed by atoms with Crippen LogP contribution in [0.3, 0.4) is 0 Å².